The number of carbonyl (C=O) groups excluding carboxylic acids is 2. The molecule has 1 heterocycles. The van der Waals surface area contributed by atoms with Crippen LogP contribution in [-0.4, -0.2) is 66.9 Å². The van der Waals surface area contributed by atoms with Gasteiger partial charge < -0.3 is 16.0 Å². The third kappa shape index (κ3) is 6.84. The molecule has 0 atom stereocenters. The summed E-state index contributed by atoms with van der Waals surface area (Å²) >= 11 is 0. The Balaban J connectivity index is 1.75. The fraction of sp³-hybridized carbons (Fsp3) is 0.579. The summed E-state index contributed by atoms with van der Waals surface area (Å²) in [5.41, 5.74) is 6.96. The van der Waals surface area contributed by atoms with Crippen molar-refractivity contribution in [2.24, 2.45) is 5.73 Å². The van der Waals surface area contributed by atoms with E-state index in [2.05, 4.69) is 22.3 Å². The number of piperidine rings is 1. The molecule has 0 spiro atoms. The number of hydrogen-bond donors (Lipinski definition) is 2. The van der Waals surface area contributed by atoms with Crippen LogP contribution < -0.4 is 11.1 Å². The van der Waals surface area contributed by atoms with Crippen LogP contribution in [0, 0.1) is 0 Å². The van der Waals surface area contributed by atoms with Crippen molar-refractivity contribution in [3.63, 3.8) is 0 Å². The quantitative estimate of drug-likeness (QED) is 0.723. The summed E-state index contributed by atoms with van der Waals surface area (Å²) in [4.78, 5) is 27.6. The van der Waals surface area contributed by atoms with Crippen molar-refractivity contribution in [3.8, 4) is 0 Å². The molecule has 1 aromatic rings. The van der Waals surface area contributed by atoms with Crippen LogP contribution in [0.1, 0.15) is 25.3 Å². The summed E-state index contributed by atoms with van der Waals surface area (Å²) < 4.78 is 0. The third-order valence-electron chi connectivity index (χ3n) is 4.68. The van der Waals surface area contributed by atoms with Gasteiger partial charge in [-0.25, -0.2) is 0 Å². The minimum Gasteiger partial charge on any atom is -0.352 e. The topological polar surface area (TPSA) is 78.7 Å². The summed E-state index contributed by atoms with van der Waals surface area (Å²) in [6, 6.07) is 10.4. The van der Waals surface area contributed by atoms with Gasteiger partial charge in [-0.1, -0.05) is 30.3 Å². The molecule has 3 N–H and O–H groups in total. The normalized spacial score (nSPS) is 15.4. The van der Waals surface area contributed by atoms with Crippen molar-refractivity contribution < 1.29 is 9.59 Å². The van der Waals surface area contributed by atoms with E-state index in [9.17, 15) is 9.59 Å². The second-order valence-corrected chi connectivity index (χ2v) is 6.65. The Kier molecular flexibility index (Phi) is 7.88. The zero-order chi connectivity index (χ0) is 18.1. The number of benzene rings is 1. The summed E-state index contributed by atoms with van der Waals surface area (Å²) in [7, 11) is 0. The number of nitrogens with two attached hydrogens (primary N) is 1. The Hall–Kier alpha value is -1.92. The van der Waals surface area contributed by atoms with Crippen molar-refractivity contribution in [2.75, 3.05) is 39.3 Å². The van der Waals surface area contributed by atoms with E-state index in [0.717, 1.165) is 38.9 Å². The molecule has 0 aromatic heterocycles. The maximum Gasteiger partial charge on any atom is 0.234 e. The van der Waals surface area contributed by atoms with Crippen molar-refractivity contribution >= 4 is 11.8 Å². The molecule has 25 heavy (non-hydrogen) atoms. The lowest BCUT2D eigenvalue weighted by molar-refractivity contribution is -0.130. The highest BCUT2D eigenvalue weighted by atomic mass is 16.2. The number of likely N-dealkylation sites (tertiary alicyclic amines) is 1. The molecule has 1 aliphatic rings. The Morgan fingerprint density at radius 2 is 1.88 bits per heavy atom. The lowest BCUT2D eigenvalue weighted by Crippen LogP contribution is -2.49. The maximum atomic E-state index is 12.3. The molecule has 6 nitrogen and oxygen atoms in total. The van der Waals surface area contributed by atoms with Crippen LogP contribution in [0.15, 0.2) is 30.3 Å². The molecule has 2 rings (SSSR count). The second kappa shape index (κ2) is 10.2. The van der Waals surface area contributed by atoms with Crippen LogP contribution in [0.2, 0.25) is 0 Å². The van der Waals surface area contributed by atoms with E-state index in [1.165, 1.54) is 5.56 Å². The number of carbonyl (C=O) groups is 2. The molecule has 0 bridgehead atoms. The van der Waals surface area contributed by atoms with Crippen LogP contribution in [0.5, 0.6) is 0 Å². The van der Waals surface area contributed by atoms with Gasteiger partial charge in [-0.05, 0) is 24.8 Å². The maximum absolute atomic E-state index is 12.3. The van der Waals surface area contributed by atoms with Gasteiger partial charge in [0.15, 0.2) is 0 Å². The number of rotatable bonds is 8. The lowest BCUT2D eigenvalue weighted by atomic mass is 10.0. The summed E-state index contributed by atoms with van der Waals surface area (Å²) in [6.45, 7) is 5.48. The van der Waals surface area contributed by atoms with E-state index in [1.807, 2.05) is 23.1 Å². The highest BCUT2D eigenvalue weighted by Crippen LogP contribution is 2.10. The average molecular weight is 346 g/mol. The first kappa shape index (κ1) is 19.4. The molecular weight excluding hydrogens is 316 g/mol. The molecule has 0 unspecified atom stereocenters. The van der Waals surface area contributed by atoms with E-state index in [-0.39, 0.29) is 17.9 Å². The van der Waals surface area contributed by atoms with Gasteiger partial charge in [0.1, 0.15) is 0 Å². The second-order valence-electron chi connectivity index (χ2n) is 6.65. The van der Waals surface area contributed by atoms with Crippen LogP contribution >= 0.6 is 0 Å². The predicted octanol–water partition coefficient (Wildman–Crippen LogP) is 0.617. The zero-order valence-electron chi connectivity index (χ0n) is 15.1. The Morgan fingerprint density at radius 1 is 1.20 bits per heavy atom. The van der Waals surface area contributed by atoms with E-state index in [4.69, 9.17) is 5.73 Å². The average Bonchev–Trinajstić information content (AvgIpc) is 2.61. The first-order chi connectivity index (χ1) is 12.1. The van der Waals surface area contributed by atoms with Gasteiger partial charge in [0.2, 0.25) is 11.8 Å². The first-order valence-corrected chi connectivity index (χ1v) is 9.09. The summed E-state index contributed by atoms with van der Waals surface area (Å²) in [5.74, 6) is 0.155. The minimum absolute atomic E-state index is 0.0442. The third-order valence-corrected chi connectivity index (χ3v) is 4.68. The van der Waals surface area contributed by atoms with Gasteiger partial charge in [0.25, 0.3) is 0 Å². The molecule has 0 saturated carbocycles. The van der Waals surface area contributed by atoms with Gasteiger partial charge in [-0.15, -0.1) is 0 Å². The van der Waals surface area contributed by atoms with E-state index in [0.29, 0.717) is 19.6 Å². The first-order valence-electron chi connectivity index (χ1n) is 9.09. The standard InChI is InChI=1S/C19H30N4O2/c1-16(24)23-12-8-18(9-13-23)21-19(25)15-22(14-10-20)11-7-17-5-3-2-4-6-17/h2-6,18H,7-15,20H2,1H3,(H,21,25). The molecule has 1 aliphatic heterocycles. The van der Waals surface area contributed by atoms with Gasteiger partial charge >= 0.3 is 0 Å². The summed E-state index contributed by atoms with van der Waals surface area (Å²) in [6.07, 6.45) is 2.56. The van der Waals surface area contributed by atoms with Crippen molar-refractivity contribution in [3.05, 3.63) is 35.9 Å². The van der Waals surface area contributed by atoms with E-state index < -0.39 is 0 Å². The Morgan fingerprint density at radius 3 is 2.48 bits per heavy atom. The Bertz CT molecular complexity index is 542. The molecule has 1 fully saturated rings. The zero-order valence-corrected chi connectivity index (χ0v) is 15.1. The molecular formula is C19H30N4O2. The molecule has 2 amide bonds. The number of nitrogens with zero attached hydrogens (tertiary/aromatic N) is 2. The van der Waals surface area contributed by atoms with Crippen molar-refractivity contribution in [1.29, 1.82) is 0 Å². The SMILES string of the molecule is CC(=O)N1CCC(NC(=O)CN(CCN)CCc2ccccc2)CC1. The predicted molar refractivity (Wildman–Crippen MR) is 99.1 cm³/mol. The molecule has 1 aromatic carbocycles. The summed E-state index contributed by atoms with van der Waals surface area (Å²) in [5, 5.41) is 3.11. The van der Waals surface area contributed by atoms with Crippen LogP contribution in [-0.2, 0) is 16.0 Å². The molecule has 138 valence electrons. The van der Waals surface area contributed by atoms with Gasteiger partial charge in [0, 0.05) is 45.7 Å². The smallest absolute Gasteiger partial charge is 0.234 e. The number of nitrogens with one attached hydrogen (secondary N) is 1. The largest absolute Gasteiger partial charge is 0.352 e. The number of hydrogen-bond acceptors (Lipinski definition) is 4. The molecule has 0 aliphatic carbocycles. The highest BCUT2D eigenvalue weighted by molar-refractivity contribution is 5.78. The fourth-order valence-corrected chi connectivity index (χ4v) is 3.20. The highest BCUT2D eigenvalue weighted by Gasteiger charge is 2.22. The van der Waals surface area contributed by atoms with Gasteiger partial charge in [-0.2, -0.15) is 0 Å². The van der Waals surface area contributed by atoms with Crippen LogP contribution in [0.25, 0.3) is 0 Å². The lowest BCUT2D eigenvalue weighted by Gasteiger charge is -2.32. The fourth-order valence-electron chi connectivity index (χ4n) is 3.20. The monoisotopic (exact) mass is 346 g/mol. The molecule has 1 saturated heterocycles. The Labute approximate surface area is 150 Å². The molecule has 0 radical (unpaired) electrons. The number of amides is 2. The van der Waals surface area contributed by atoms with Gasteiger partial charge in [-0.3, -0.25) is 14.5 Å². The van der Waals surface area contributed by atoms with Gasteiger partial charge in [0.05, 0.1) is 6.54 Å². The minimum atomic E-state index is 0.0442. The molecule has 6 heteroatoms. The van der Waals surface area contributed by atoms with E-state index >= 15 is 0 Å². The van der Waals surface area contributed by atoms with Crippen LogP contribution in [0.4, 0.5) is 0 Å². The van der Waals surface area contributed by atoms with Crippen molar-refractivity contribution in [2.45, 2.75) is 32.2 Å². The van der Waals surface area contributed by atoms with Crippen LogP contribution in [0.3, 0.4) is 0 Å². The van der Waals surface area contributed by atoms with Crippen molar-refractivity contribution in [1.82, 2.24) is 15.1 Å². The van der Waals surface area contributed by atoms with E-state index in [1.54, 1.807) is 6.92 Å².